The molecule has 1 aliphatic rings. The summed E-state index contributed by atoms with van der Waals surface area (Å²) in [4.78, 5) is 12.9. The molecule has 0 radical (unpaired) electrons. The number of nitrogens with zero attached hydrogens (tertiary/aromatic N) is 1. The highest BCUT2D eigenvalue weighted by atomic mass is 32.2. The van der Waals surface area contributed by atoms with Gasteiger partial charge in [-0.25, -0.2) is 25.5 Å². The van der Waals surface area contributed by atoms with Gasteiger partial charge in [-0.3, -0.25) is 4.79 Å². The molecule has 7 nitrogen and oxygen atoms in total. The summed E-state index contributed by atoms with van der Waals surface area (Å²) in [6, 6.07) is 11.8. The fourth-order valence-electron chi connectivity index (χ4n) is 3.72. The zero-order valence-electron chi connectivity index (χ0n) is 18.0. The first-order chi connectivity index (χ1) is 15.0. The number of hydrogen-bond donors (Lipinski definition) is 1. The second-order valence-corrected chi connectivity index (χ2v) is 12.1. The van der Waals surface area contributed by atoms with Gasteiger partial charge < -0.3 is 5.32 Å². The second-order valence-electron chi connectivity index (χ2n) is 8.09. The Kier molecular flexibility index (Phi) is 7.36. The summed E-state index contributed by atoms with van der Waals surface area (Å²) in [5.41, 5.74) is 0.902. The quantitative estimate of drug-likeness (QED) is 0.654. The maximum Gasteiger partial charge on any atom is 0.223 e. The van der Waals surface area contributed by atoms with Gasteiger partial charge in [0.25, 0.3) is 0 Å². The second kappa shape index (κ2) is 9.68. The van der Waals surface area contributed by atoms with Crippen LogP contribution in [0.3, 0.4) is 0 Å². The molecule has 1 aliphatic heterocycles. The van der Waals surface area contributed by atoms with Crippen LogP contribution in [-0.4, -0.2) is 46.4 Å². The summed E-state index contributed by atoms with van der Waals surface area (Å²) in [7, 11) is -6.96. The van der Waals surface area contributed by atoms with E-state index in [9.17, 15) is 26.0 Å². The molecule has 0 aliphatic carbocycles. The summed E-state index contributed by atoms with van der Waals surface area (Å²) < 4.78 is 63.6. The fourth-order valence-corrected chi connectivity index (χ4v) is 5.93. The molecule has 1 heterocycles. The van der Waals surface area contributed by atoms with Gasteiger partial charge in [0.15, 0.2) is 9.84 Å². The van der Waals surface area contributed by atoms with Gasteiger partial charge in [0.05, 0.1) is 16.7 Å². The average molecular weight is 483 g/mol. The molecule has 0 bridgehead atoms. The number of carbonyl (C=O) groups excluding carboxylic acids is 1. The Morgan fingerprint density at radius 2 is 1.66 bits per heavy atom. The van der Waals surface area contributed by atoms with Crippen LogP contribution in [0.25, 0.3) is 0 Å². The normalized spacial score (nSPS) is 17.1. The van der Waals surface area contributed by atoms with Crippen LogP contribution < -0.4 is 5.32 Å². The van der Waals surface area contributed by atoms with Gasteiger partial charge in [0, 0.05) is 30.8 Å². The minimum atomic E-state index is -3.68. The number of carbonyl (C=O) groups is 1. The van der Waals surface area contributed by atoms with E-state index in [2.05, 4.69) is 5.32 Å². The van der Waals surface area contributed by atoms with Crippen molar-refractivity contribution in [3.8, 4) is 0 Å². The molecule has 174 valence electrons. The molecule has 1 amide bonds. The summed E-state index contributed by atoms with van der Waals surface area (Å²) in [5, 5.41) is 2.92. The van der Waals surface area contributed by atoms with E-state index >= 15 is 0 Å². The summed E-state index contributed by atoms with van der Waals surface area (Å²) >= 11 is 0. The largest absolute Gasteiger partial charge is 0.349 e. The van der Waals surface area contributed by atoms with Gasteiger partial charge in [0.2, 0.25) is 15.9 Å². The number of hydrogen-bond acceptors (Lipinski definition) is 5. The van der Waals surface area contributed by atoms with Gasteiger partial charge in [0.1, 0.15) is 5.82 Å². The van der Waals surface area contributed by atoms with Crippen molar-refractivity contribution in [1.29, 1.82) is 0 Å². The van der Waals surface area contributed by atoms with Crippen molar-refractivity contribution < 1.29 is 26.0 Å². The lowest BCUT2D eigenvalue weighted by Gasteiger charge is -2.31. The van der Waals surface area contributed by atoms with Gasteiger partial charge in [-0.2, -0.15) is 0 Å². The topological polar surface area (TPSA) is 101 Å². The van der Waals surface area contributed by atoms with Crippen molar-refractivity contribution in [3.05, 3.63) is 65.5 Å². The Bertz CT molecular complexity index is 1170. The Labute approximate surface area is 188 Å². The highest BCUT2D eigenvalue weighted by Gasteiger charge is 2.32. The highest BCUT2D eigenvalue weighted by Crippen LogP contribution is 2.24. The first-order valence-corrected chi connectivity index (χ1v) is 13.8. The Morgan fingerprint density at radius 1 is 1.06 bits per heavy atom. The number of sulfone groups is 1. The number of sulfonamides is 1. The van der Waals surface area contributed by atoms with Gasteiger partial charge in [-0.05, 0) is 43.5 Å². The molecule has 1 N–H and O–H groups in total. The molecule has 10 heteroatoms. The van der Waals surface area contributed by atoms with E-state index in [1.807, 2.05) is 0 Å². The molecule has 0 spiro atoms. The lowest BCUT2D eigenvalue weighted by Crippen LogP contribution is -2.43. The van der Waals surface area contributed by atoms with E-state index in [-0.39, 0.29) is 41.4 Å². The SMILES string of the molecule is CC(NC(=O)C1CCN(S(=O)(=O)Cc2ccccc2F)CC1)c1ccc(S(C)(=O)=O)cc1. The smallest absolute Gasteiger partial charge is 0.223 e. The van der Waals surface area contributed by atoms with Crippen molar-refractivity contribution in [2.75, 3.05) is 19.3 Å². The Balaban J connectivity index is 1.55. The van der Waals surface area contributed by atoms with E-state index in [0.29, 0.717) is 12.8 Å². The van der Waals surface area contributed by atoms with E-state index in [4.69, 9.17) is 0 Å². The van der Waals surface area contributed by atoms with Crippen molar-refractivity contribution in [2.45, 2.75) is 36.5 Å². The number of halogens is 1. The molecule has 3 rings (SSSR count). The van der Waals surface area contributed by atoms with Crippen LogP contribution in [0.2, 0.25) is 0 Å². The fraction of sp³-hybridized carbons (Fsp3) is 0.409. The molecular weight excluding hydrogens is 455 g/mol. The molecule has 2 aromatic rings. The third-order valence-corrected chi connectivity index (χ3v) is 8.64. The van der Waals surface area contributed by atoms with Gasteiger partial charge in [-0.1, -0.05) is 30.3 Å². The molecule has 2 aromatic carbocycles. The van der Waals surface area contributed by atoms with Gasteiger partial charge >= 0.3 is 0 Å². The van der Waals surface area contributed by atoms with Crippen LogP contribution in [-0.2, 0) is 30.4 Å². The van der Waals surface area contributed by atoms with E-state index in [1.54, 1.807) is 25.1 Å². The molecular formula is C22H27FN2O5S2. The minimum absolute atomic E-state index is 0.128. The van der Waals surface area contributed by atoms with E-state index in [1.165, 1.54) is 34.6 Å². The molecule has 1 fully saturated rings. The van der Waals surface area contributed by atoms with Crippen LogP contribution in [0.1, 0.15) is 36.9 Å². The summed E-state index contributed by atoms with van der Waals surface area (Å²) in [5.74, 6) is -1.45. The first kappa shape index (κ1) is 24.3. The van der Waals surface area contributed by atoms with Crippen molar-refractivity contribution >= 4 is 25.8 Å². The van der Waals surface area contributed by atoms with Crippen molar-refractivity contribution in [1.82, 2.24) is 9.62 Å². The average Bonchev–Trinajstić information content (AvgIpc) is 2.75. The summed E-state index contributed by atoms with van der Waals surface area (Å²) in [6.07, 6.45) is 1.89. The Hall–Kier alpha value is -2.30. The number of benzene rings is 2. The van der Waals surface area contributed by atoms with Crippen LogP contribution >= 0.6 is 0 Å². The first-order valence-electron chi connectivity index (χ1n) is 10.3. The number of amides is 1. The molecule has 0 saturated carbocycles. The van der Waals surface area contributed by atoms with Crippen LogP contribution in [0, 0.1) is 11.7 Å². The molecule has 1 saturated heterocycles. The molecule has 32 heavy (non-hydrogen) atoms. The maximum atomic E-state index is 13.8. The summed E-state index contributed by atoms with van der Waals surface area (Å²) in [6.45, 7) is 2.21. The zero-order chi connectivity index (χ0) is 23.5. The van der Waals surface area contributed by atoms with Crippen LogP contribution in [0.5, 0.6) is 0 Å². The monoisotopic (exact) mass is 482 g/mol. The number of nitrogens with one attached hydrogen (secondary N) is 1. The van der Waals surface area contributed by atoms with Crippen molar-refractivity contribution in [3.63, 3.8) is 0 Å². The minimum Gasteiger partial charge on any atom is -0.349 e. The molecule has 1 atom stereocenters. The maximum absolute atomic E-state index is 13.8. The Morgan fingerprint density at radius 3 is 2.22 bits per heavy atom. The predicted octanol–water partition coefficient (Wildman–Crippen LogP) is 2.65. The standard InChI is InChI=1S/C22H27FN2O5S2/c1-16(17-7-9-20(10-8-17)31(2,27)28)24-22(26)18-11-13-25(14-12-18)32(29,30)15-19-5-3-4-6-21(19)23/h3-10,16,18H,11-15H2,1-2H3,(H,24,26). The highest BCUT2D eigenvalue weighted by molar-refractivity contribution is 7.90. The lowest BCUT2D eigenvalue weighted by atomic mass is 9.96. The van der Waals surface area contributed by atoms with E-state index < -0.39 is 31.4 Å². The third-order valence-electron chi connectivity index (χ3n) is 5.68. The predicted molar refractivity (Wildman–Crippen MR) is 119 cm³/mol. The molecule has 1 unspecified atom stereocenters. The van der Waals surface area contributed by atoms with Gasteiger partial charge in [-0.15, -0.1) is 0 Å². The zero-order valence-corrected chi connectivity index (χ0v) is 19.6. The van der Waals surface area contributed by atoms with E-state index in [0.717, 1.165) is 11.8 Å². The van der Waals surface area contributed by atoms with Crippen LogP contribution in [0.15, 0.2) is 53.4 Å². The lowest BCUT2D eigenvalue weighted by molar-refractivity contribution is -0.126. The van der Waals surface area contributed by atoms with Crippen molar-refractivity contribution in [2.24, 2.45) is 5.92 Å². The third kappa shape index (κ3) is 5.93. The molecule has 0 aromatic heterocycles. The number of piperidine rings is 1. The number of rotatable bonds is 7. The van der Waals surface area contributed by atoms with Crippen LogP contribution in [0.4, 0.5) is 4.39 Å².